The Hall–Kier alpha value is -1.68. The van der Waals surface area contributed by atoms with Crippen molar-refractivity contribution < 1.29 is 4.39 Å². The number of rotatable bonds is 4. The molecule has 0 bridgehead atoms. The van der Waals surface area contributed by atoms with Gasteiger partial charge in [0.2, 0.25) is 0 Å². The number of benzene rings is 1. The van der Waals surface area contributed by atoms with E-state index in [0.29, 0.717) is 11.3 Å². The van der Waals surface area contributed by atoms with Gasteiger partial charge < -0.3 is 5.32 Å². The minimum absolute atomic E-state index is 0.231. The molecule has 3 nitrogen and oxygen atoms in total. The molecule has 0 spiro atoms. The van der Waals surface area contributed by atoms with Crippen LogP contribution in [0.25, 0.3) is 11.3 Å². The Labute approximate surface area is 100 Å². The fraction of sp³-hybridized carbons (Fsp3) is 0.308. The van der Waals surface area contributed by atoms with Crippen molar-refractivity contribution in [3.63, 3.8) is 0 Å². The van der Waals surface area contributed by atoms with Gasteiger partial charge in [-0.2, -0.15) is 5.10 Å². The number of nitrogens with one attached hydrogen (secondary N) is 1. The monoisotopic (exact) mass is 233 g/mol. The number of halogens is 1. The number of hydrogen-bond donors (Lipinski definition) is 1. The Morgan fingerprint density at radius 1 is 1.35 bits per heavy atom. The molecule has 1 heterocycles. The van der Waals surface area contributed by atoms with Crippen LogP contribution in [0.15, 0.2) is 30.3 Å². The summed E-state index contributed by atoms with van der Waals surface area (Å²) in [5.41, 5.74) is 2.34. The zero-order valence-electron chi connectivity index (χ0n) is 10.1. The van der Waals surface area contributed by atoms with Crippen LogP contribution in [0.2, 0.25) is 0 Å². The van der Waals surface area contributed by atoms with Gasteiger partial charge in [0.25, 0.3) is 0 Å². The van der Waals surface area contributed by atoms with Crippen molar-refractivity contribution in [2.24, 2.45) is 7.05 Å². The Bertz CT molecular complexity index is 505. The van der Waals surface area contributed by atoms with Gasteiger partial charge in [-0.25, -0.2) is 4.39 Å². The van der Waals surface area contributed by atoms with Crippen LogP contribution in [-0.4, -0.2) is 23.4 Å². The number of hydrogen-bond acceptors (Lipinski definition) is 2. The standard InChI is InChI=1S/C13H16FN3/c1-15-8-7-10-9-13(16-17(10)2)11-5-3-4-6-12(11)14/h3-6,9,15H,7-8H2,1-2H3. The maximum absolute atomic E-state index is 13.6. The largest absolute Gasteiger partial charge is 0.319 e. The molecule has 0 radical (unpaired) electrons. The van der Waals surface area contributed by atoms with E-state index in [-0.39, 0.29) is 5.82 Å². The molecule has 0 amide bonds. The molecule has 0 aliphatic rings. The summed E-state index contributed by atoms with van der Waals surface area (Å²) in [6, 6.07) is 8.65. The van der Waals surface area contributed by atoms with E-state index in [0.717, 1.165) is 18.7 Å². The van der Waals surface area contributed by atoms with Gasteiger partial charge in [0.05, 0.1) is 5.69 Å². The molecule has 0 saturated heterocycles. The van der Waals surface area contributed by atoms with E-state index in [1.807, 2.05) is 26.2 Å². The molecule has 0 saturated carbocycles. The molecular weight excluding hydrogens is 217 g/mol. The minimum atomic E-state index is -0.231. The van der Waals surface area contributed by atoms with Crippen molar-refractivity contribution in [1.82, 2.24) is 15.1 Å². The smallest absolute Gasteiger partial charge is 0.132 e. The van der Waals surface area contributed by atoms with Crippen LogP contribution in [0, 0.1) is 5.82 Å². The molecule has 1 aromatic heterocycles. The van der Waals surface area contributed by atoms with Crippen LogP contribution in [0.4, 0.5) is 4.39 Å². The predicted octanol–water partition coefficient (Wildman–Crippen LogP) is 1.99. The van der Waals surface area contributed by atoms with Crippen LogP contribution in [-0.2, 0) is 13.5 Å². The minimum Gasteiger partial charge on any atom is -0.319 e. The number of aromatic nitrogens is 2. The highest BCUT2D eigenvalue weighted by Crippen LogP contribution is 2.21. The summed E-state index contributed by atoms with van der Waals surface area (Å²) in [4.78, 5) is 0. The average Bonchev–Trinajstić information content (AvgIpc) is 2.68. The quantitative estimate of drug-likeness (QED) is 0.875. The zero-order valence-corrected chi connectivity index (χ0v) is 10.1. The third-order valence-electron chi connectivity index (χ3n) is 2.76. The highest BCUT2D eigenvalue weighted by atomic mass is 19.1. The molecule has 0 atom stereocenters. The molecule has 0 aliphatic heterocycles. The van der Waals surface area contributed by atoms with Gasteiger partial charge in [0, 0.05) is 31.3 Å². The topological polar surface area (TPSA) is 29.9 Å². The molecule has 17 heavy (non-hydrogen) atoms. The van der Waals surface area contributed by atoms with E-state index in [1.165, 1.54) is 6.07 Å². The first kappa shape index (κ1) is 11.8. The third-order valence-corrected chi connectivity index (χ3v) is 2.76. The maximum Gasteiger partial charge on any atom is 0.132 e. The first-order valence-corrected chi connectivity index (χ1v) is 5.65. The van der Waals surface area contributed by atoms with E-state index < -0.39 is 0 Å². The lowest BCUT2D eigenvalue weighted by atomic mass is 10.1. The van der Waals surface area contributed by atoms with E-state index >= 15 is 0 Å². The highest BCUT2D eigenvalue weighted by molar-refractivity contribution is 5.60. The lowest BCUT2D eigenvalue weighted by Gasteiger charge is -1.99. The van der Waals surface area contributed by atoms with E-state index in [4.69, 9.17) is 0 Å². The molecule has 0 unspecified atom stereocenters. The molecule has 1 N–H and O–H groups in total. The summed E-state index contributed by atoms with van der Waals surface area (Å²) in [5.74, 6) is -0.231. The van der Waals surface area contributed by atoms with E-state index in [9.17, 15) is 4.39 Å². The van der Waals surface area contributed by atoms with Gasteiger partial charge in [-0.3, -0.25) is 4.68 Å². The summed E-state index contributed by atoms with van der Waals surface area (Å²) >= 11 is 0. The van der Waals surface area contributed by atoms with Gasteiger partial charge in [-0.1, -0.05) is 12.1 Å². The lowest BCUT2D eigenvalue weighted by Crippen LogP contribution is -2.12. The molecule has 0 aliphatic carbocycles. The van der Waals surface area contributed by atoms with Crippen molar-refractivity contribution in [2.45, 2.75) is 6.42 Å². The summed E-state index contributed by atoms with van der Waals surface area (Å²) in [6.45, 7) is 0.885. The summed E-state index contributed by atoms with van der Waals surface area (Å²) in [6.07, 6.45) is 0.883. The van der Waals surface area contributed by atoms with Crippen molar-refractivity contribution in [1.29, 1.82) is 0 Å². The molecule has 2 aromatic rings. The first-order chi connectivity index (χ1) is 8.22. The maximum atomic E-state index is 13.6. The Morgan fingerprint density at radius 3 is 2.82 bits per heavy atom. The Morgan fingerprint density at radius 2 is 2.12 bits per heavy atom. The van der Waals surface area contributed by atoms with Crippen LogP contribution in [0.5, 0.6) is 0 Å². The van der Waals surface area contributed by atoms with Crippen LogP contribution < -0.4 is 5.32 Å². The number of nitrogens with zero attached hydrogens (tertiary/aromatic N) is 2. The van der Waals surface area contributed by atoms with Gasteiger partial charge >= 0.3 is 0 Å². The van der Waals surface area contributed by atoms with Gasteiger partial charge in [0.15, 0.2) is 0 Å². The predicted molar refractivity (Wildman–Crippen MR) is 66.2 cm³/mol. The second-order valence-corrected chi connectivity index (χ2v) is 3.98. The molecule has 1 aromatic carbocycles. The molecular formula is C13H16FN3. The van der Waals surface area contributed by atoms with E-state index in [2.05, 4.69) is 10.4 Å². The number of likely N-dealkylation sites (N-methyl/N-ethyl adjacent to an activating group) is 1. The second kappa shape index (κ2) is 5.10. The molecule has 90 valence electrons. The first-order valence-electron chi connectivity index (χ1n) is 5.65. The van der Waals surface area contributed by atoms with Crippen LogP contribution in [0.1, 0.15) is 5.69 Å². The van der Waals surface area contributed by atoms with Crippen molar-refractivity contribution in [2.75, 3.05) is 13.6 Å². The van der Waals surface area contributed by atoms with Gasteiger partial charge in [-0.05, 0) is 25.2 Å². The fourth-order valence-corrected chi connectivity index (χ4v) is 1.79. The van der Waals surface area contributed by atoms with Crippen molar-refractivity contribution in [3.8, 4) is 11.3 Å². The molecule has 2 rings (SSSR count). The Balaban J connectivity index is 2.31. The van der Waals surface area contributed by atoms with E-state index in [1.54, 1.807) is 16.8 Å². The summed E-state index contributed by atoms with van der Waals surface area (Å²) in [5, 5.41) is 7.43. The lowest BCUT2D eigenvalue weighted by molar-refractivity contribution is 0.629. The molecule has 0 fully saturated rings. The third kappa shape index (κ3) is 2.53. The Kier molecular flexibility index (Phi) is 3.54. The zero-order chi connectivity index (χ0) is 12.3. The SMILES string of the molecule is CNCCc1cc(-c2ccccc2F)nn1C. The number of aryl methyl sites for hydroxylation is 1. The average molecular weight is 233 g/mol. The van der Waals surface area contributed by atoms with Crippen LogP contribution >= 0.6 is 0 Å². The highest BCUT2D eigenvalue weighted by Gasteiger charge is 2.10. The fourth-order valence-electron chi connectivity index (χ4n) is 1.79. The normalized spacial score (nSPS) is 10.8. The molecule has 4 heteroatoms. The van der Waals surface area contributed by atoms with Crippen molar-refractivity contribution >= 4 is 0 Å². The second-order valence-electron chi connectivity index (χ2n) is 3.98. The summed E-state index contributed by atoms with van der Waals surface area (Å²) < 4.78 is 15.4. The van der Waals surface area contributed by atoms with Crippen LogP contribution in [0.3, 0.4) is 0 Å². The van der Waals surface area contributed by atoms with Gasteiger partial charge in [-0.15, -0.1) is 0 Å². The van der Waals surface area contributed by atoms with Crippen molar-refractivity contribution in [3.05, 3.63) is 41.8 Å². The van der Waals surface area contributed by atoms with Gasteiger partial charge in [0.1, 0.15) is 5.82 Å². The summed E-state index contributed by atoms with van der Waals surface area (Å²) in [7, 11) is 3.80.